The van der Waals surface area contributed by atoms with Gasteiger partial charge in [-0.1, -0.05) is 20.3 Å². The van der Waals surface area contributed by atoms with E-state index in [0.29, 0.717) is 13.0 Å². The molecule has 1 aliphatic heterocycles. The number of rotatable bonds is 3. The third-order valence-corrected chi connectivity index (χ3v) is 2.66. The van der Waals surface area contributed by atoms with Crippen molar-refractivity contribution in [2.45, 2.75) is 39.5 Å². The van der Waals surface area contributed by atoms with E-state index >= 15 is 0 Å². The highest BCUT2D eigenvalue weighted by molar-refractivity contribution is 5.87. The van der Waals surface area contributed by atoms with Crippen LogP contribution in [0.2, 0.25) is 0 Å². The van der Waals surface area contributed by atoms with E-state index < -0.39 is 0 Å². The highest BCUT2D eigenvalue weighted by Gasteiger charge is 2.20. The smallest absolute Gasteiger partial charge is 0.222 e. The first kappa shape index (κ1) is 11.2. The van der Waals surface area contributed by atoms with Gasteiger partial charge in [0.1, 0.15) is 0 Å². The molecule has 0 radical (unpaired) electrons. The molecule has 1 saturated heterocycles. The number of amides is 1. The molecule has 0 aromatic carbocycles. The zero-order chi connectivity index (χ0) is 10.6. The number of Topliss-reactive ketones (excluding diaryl/α,β-unsaturated/α-hetero) is 1. The van der Waals surface area contributed by atoms with Gasteiger partial charge in [-0.25, -0.2) is 0 Å². The number of carbonyl (C=O) groups excluding carboxylic acids is 2. The van der Waals surface area contributed by atoms with Crippen molar-refractivity contribution in [1.29, 1.82) is 0 Å². The summed E-state index contributed by atoms with van der Waals surface area (Å²) >= 11 is 0. The minimum Gasteiger partial charge on any atom is -0.335 e. The van der Waals surface area contributed by atoms with Crippen molar-refractivity contribution in [3.63, 3.8) is 0 Å². The largest absolute Gasteiger partial charge is 0.335 e. The zero-order valence-corrected chi connectivity index (χ0v) is 9.08. The van der Waals surface area contributed by atoms with Crippen molar-refractivity contribution in [3.8, 4) is 0 Å². The van der Waals surface area contributed by atoms with E-state index in [1.165, 1.54) is 0 Å². The molecular weight excluding hydrogens is 178 g/mol. The van der Waals surface area contributed by atoms with E-state index in [9.17, 15) is 9.59 Å². The van der Waals surface area contributed by atoms with Gasteiger partial charge in [0, 0.05) is 18.9 Å². The van der Waals surface area contributed by atoms with E-state index in [-0.39, 0.29) is 17.6 Å². The van der Waals surface area contributed by atoms with Crippen LogP contribution in [0.25, 0.3) is 0 Å². The normalized spacial score (nSPS) is 18.5. The van der Waals surface area contributed by atoms with Crippen molar-refractivity contribution in [1.82, 2.24) is 4.90 Å². The molecule has 0 aromatic rings. The first-order valence-electron chi connectivity index (χ1n) is 5.41. The molecule has 14 heavy (non-hydrogen) atoms. The van der Waals surface area contributed by atoms with Crippen LogP contribution in [0.15, 0.2) is 0 Å². The Bertz CT molecular complexity index is 223. The summed E-state index contributed by atoms with van der Waals surface area (Å²) in [4.78, 5) is 24.7. The molecule has 1 rings (SSSR count). The zero-order valence-electron chi connectivity index (χ0n) is 9.08. The molecule has 0 aliphatic carbocycles. The van der Waals surface area contributed by atoms with Gasteiger partial charge in [-0.15, -0.1) is 0 Å². The molecule has 1 heterocycles. The molecule has 1 aliphatic rings. The van der Waals surface area contributed by atoms with Gasteiger partial charge in [0.05, 0.1) is 6.54 Å². The summed E-state index contributed by atoms with van der Waals surface area (Å²) in [6, 6.07) is 0. The first-order chi connectivity index (χ1) is 6.61. The molecule has 80 valence electrons. The Balaban J connectivity index is 2.48. The monoisotopic (exact) mass is 197 g/mol. The summed E-state index contributed by atoms with van der Waals surface area (Å²) in [5.41, 5.74) is 0. The molecule has 0 bridgehead atoms. The number of ketones is 1. The lowest BCUT2D eigenvalue weighted by Gasteiger charge is -2.20. The number of nitrogens with zero attached hydrogens (tertiary/aromatic N) is 1. The Hall–Kier alpha value is -0.860. The highest BCUT2D eigenvalue weighted by Crippen LogP contribution is 2.11. The van der Waals surface area contributed by atoms with Gasteiger partial charge in [0.15, 0.2) is 5.78 Å². The van der Waals surface area contributed by atoms with E-state index in [4.69, 9.17) is 0 Å². The summed E-state index contributed by atoms with van der Waals surface area (Å²) in [5, 5.41) is 0. The molecule has 0 spiro atoms. The average molecular weight is 197 g/mol. The van der Waals surface area contributed by atoms with Gasteiger partial charge in [0.2, 0.25) is 5.91 Å². The summed E-state index contributed by atoms with van der Waals surface area (Å²) in [6.45, 7) is 4.84. The van der Waals surface area contributed by atoms with Crippen LogP contribution in [0.4, 0.5) is 0 Å². The minimum atomic E-state index is 0.0334. The van der Waals surface area contributed by atoms with Gasteiger partial charge in [0.25, 0.3) is 0 Å². The van der Waals surface area contributed by atoms with Gasteiger partial charge in [-0.3, -0.25) is 9.59 Å². The van der Waals surface area contributed by atoms with Crippen molar-refractivity contribution in [3.05, 3.63) is 0 Å². The van der Waals surface area contributed by atoms with E-state index in [2.05, 4.69) is 0 Å². The molecule has 3 heteroatoms. The predicted molar refractivity (Wildman–Crippen MR) is 54.9 cm³/mol. The second-order valence-electron chi connectivity index (χ2n) is 4.25. The van der Waals surface area contributed by atoms with Crippen LogP contribution in [-0.2, 0) is 9.59 Å². The molecule has 0 saturated carbocycles. The maximum absolute atomic E-state index is 11.5. The van der Waals surface area contributed by atoms with Crippen LogP contribution in [-0.4, -0.2) is 29.7 Å². The molecule has 0 atom stereocenters. The number of likely N-dealkylation sites (tertiary alicyclic amines) is 1. The Kier molecular flexibility index (Phi) is 4.11. The fourth-order valence-corrected chi connectivity index (χ4v) is 1.58. The van der Waals surface area contributed by atoms with Crippen LogP contribution in [0.3, 0.4) is 0 Å². The second kappa shape index (κ2) is 5.13. The van der Waals surface area contributed by atoms with Crippen molar-refractivity contribution in [2.24, 2.45) is 5.92 Å². The van der Waals surface area contributed by atoms with Gasteiger partial charge >= 0.3 is 0 Å². The van der Waals surface area contributed by atoms with Crippen LogP contribution >= 0.6 is 0 Å². The van der Waals surface area contributed by atoms with E-state index in [1.807, 2.05) is 13.8 Å². The molecule has 1 amide bonds. The second-order valence-corrected chi connectivity index (χ2v) is 4.25. The van der Waals surface area contributed by atoms with E-state index in [0.717, 1.165) is 25.8 Å². The predicted octanol–water partition coefficient (Wildman–Crippen LogP) is 1.61. The lowest BCUT2D eigenvalue weighted by atomic mass is 10.1. The molecule has 0 N–H and O–H groups in total. The summed E-state index contributed by atoms with van der Waals surface area (Å²) in [5.74, 6) is 0.350. The molecule has 1 fully saturated rings. The van der Waals surface area contributed by atoms with Crippen molar-refractivity contribution < 1.29 is 9.59 Å². The van der Waals surface area contributed by atoms with Crippen molar-refractivity contribution >= 4 is 11.7 Å². The Labute approximate surface area is 85.5 Å². The van der Waals surface area contributed by atoms with Gasteiger partial charge in [-0.2, -0.15) is 0 Å². The SMILES string of the molecule is CC(C)C(=O)CN1CCCCCC1=O. The Morgan fingerprint density at radius 1 is 1.36 bits per heavy atom. The van der Waals surface area contributed by atoms with Crippen LogP contribution < -0.4 is 0 Å². The lowest BCUT2D eigenvalue weighted by Crippen LogP contribution is -2.36. The average Bonchev–Trinajstić information content (AvgIpc) is 2.32. The quantitative estimate of drug-likeness (QED) is 0.689. The highest BCUT2D eigenvalue weighted by atomic mass is 16.2. The van der Waals surface area contributed by atoms with Crippen LogP contribution in [0.1, 0.15) is 39.5 Å². The first-order valence-corrected chi connectivity index (χ1v) is 5.41. The molecule has 3 nitrogen and oxygen atoms in total. The third kappa shape index (κ3) is 3.13. The molecule has 0 unspecified atom stereocenters. The fourth-order valence-electron chi connectivity index (χ4n) is 1.58. The Morgan fingerprint density at radius 3 is 2.71 bits per heavy atom. The van der Waals surface area contributed by atoms with Gasteiger partial charge < -0.3 is 4.90 Å². The lowest BCUT2D eigenvalue weighted by molar-refractivity contribution is -0.135. The number of hydrogen-bond acceptors (Lipinski definition) is 2. The Morgan fingerprint density at radius 2 is 2.07 bits per heavy atom. The van der Waals surface area contributed by atoms with Crippen molar-refractivity contribution in [2.75, 3.05) is 13.1 Å². The topological polar surface area (TPSA) is 37.4 Å². The van der Waals surface area contributed by atoms with Crippen LogP contribution in [0.5, 0.6) is 0 Å². The van der Waals surface area contributed by atoms with Gasteiger partial charge in [-0.05, 0) is 12.8 Å². The summed E-state index contributed by atoms with van der Waals surface area (Å²) in [7, 11) is 0. The molecule has 0 aromatic heterocycles. The standard InChI is InChI=1S/C11H19NO2/c1-9(2)10(13)8-12-7-5-3-4-6-11(12)14/h9H,3-8H2,1-2H3. The van der Waals surface area contributed by atoms with Crippen LogP contribution in [0, 0.1) is 5.92 Å². The maximum Gasteiger partial charge on any atom is 0.222 e. The molecular formula is C11H19NO2. The number of carbonyl (C=O) groups is 2. The summed E-state index contributed by atoms with van der Waals surface area (Å²) < 4.78 is 0. The summed E-state index contributed by atoms with van der Waals surface area (Å²) in [6.07, 6.45) is 3.74. The maximum atomic E-state index is 11.5. The minimum absolute atomic E-state index is 0.0334. The fraction of sp³-hybridized carbons (Fsp3) is 0.818. The third-order valence-electron chi connectivity index (χ3n) is 2.66. The van der Waals surface area contributed by atoms with E-state index in [1.54, 1.807) is 4.90 Å². The number of hydrogen-bond donors (Lipinski definition) is 0.